The quantitative estimate of drug-likeness (QED) is 0.800. The maximum Gasteiger partial charge on any atom is 0.311 e. The van der Waals surface area contributed by atoms with Gasteiger partial charge in [-0.05, 0) is 61.7 Å². The summed E-state index contributed by atoms with van der Waals surface area (Å²) in [5.41, 5.74) is 2.88. The highest BCUT2D eigenvalue weighted by Gasteiger charge is 2.86. The van der Waals surface area contributed by atoms with E-state index in [-0.39, 0.29) is 28.3 Å². The van der Waals surface area contributed by atoms with Gasteiger partial charge < -0.3 is 10.1 Å². The van der Waals surface area contributed by atoms with E-state index in [9.17, 15) is 4.79 Å². The molecule has 3 heterocycles. The molecular weight excluding hydrogens is 312 g/mol. The lowest BCUT2D eigenvalue weighted by molar-refractivity contribution is -0.150. The SMILES string of the molecule is COC(=O)[C@@H]1C[C@@]23CCCN4CC[C@]5(c6ccccc6N[C@@]15[C@@H]2C)[C@@H]43. The number of fused-ring (bicyclic) bond motifs is 1. The average Bonchev–Trinajstić information content (AvgIpc) is 3.29. The first-order valence-electron chi connectivity index (χ1n) is 9.81. The van der Waals surface area contributed by atoms with Gasteiger partial charge >= 0.3 is 5.97 Å². The molecule has 0 radical (unpaired) electrons. The van der Waals surface area contributed by atoms with Crippen molar-refractivity contribution in [2.24, 2.45) is 17.3 Å². The number of carbonyl (C=O) groups is 1. The lowest BCUT2D eigenvalue weighted by atomic mass is 9.56. The van der Waals surface area contributed by atoms with Crippen molar-refractivity contribution in [3.8, 4) is 0 Å². The van der Waals surface area contributed by atoms with Gasteiger partial charge in [0.15, 0.2) is 0 Å². The van der Waals surface area contributed by atoms with Gasteiger partial charge in [-0.1, -0.05) is 25.1 Å². The number of ether oxygens (including phenoxy) is 1. The molecule has 4 heteroatoms. The molecule has 3 spiro atoms. The normalized spacial score (nSPS) is 48.6. The van der Waals surface area contributed by atoms with Gasteiger partial charge in [-0.2, -0.15) is 0 Å². The van der Waals surface area contributed by atoms with Gasteiger partial charge in [0.05, 0.1) is 18.6 Å². The second kappa shape index (κ2) is 4.22. The summed E-state index contributed by atoms with van der Waals surface area (Å²) in [7, 11) is 1.56. The Balaban J connectivity index is 1.67. The zero-order chi connectivity index (χ0) is 17.0. The zero-order valence-corrected chi connectivity index (χ0v) is 15.0. The number of hydrogen-bond donors (Lipinski definition) is 1. The average molecular weight is 338 g/mol. The summed E-state index contributed by atoms with van der Waals surface area (Å²) in [5.74, 6) is 0.449. The van der Waals surface area contributed by atoms with Crippen molar-refractivity contribution in [2.45, 2.75) is 49.6 Å². The molecule has 1 aromatic rings. The van der Waals surface area contributed by atoms with Crippen molar-refractivity contribution in [1.29, 1.82) is 0 Å². The van der Waals surface area contributed by atoms with E-state index in [1.54, 1.807) is 7.11 Å². The minimum Gasteiger partial charge on any atom is -0.469 e. The van der Waals surface area contributed by atoms with Gasteiger partial charge in [-0.25, -0.2) is 0 Å². The van der Waals surface area contributed by atoms with Gasteiger partial charge in [-0.15, -0.1) is 0 Å². The van der Waals surface area contributed by atoms with Crippen molar-refractivity contribution in [3.63, 3.8) is 0 Å². The lowest BCUT2D eigenvalue weighted by Crippen LogP contribution is -2.63. The van der Waals surface area contributed by atoms with Crippen molar-refractivity contribution < 1.29 is 9.53 Å². The molecule has 132 valence electrons. The second-order valence-electron chi connectivity index (χ2n) is 9.04. The summed E-state index contributed by atoms with van der Waals surface area (Å²) in [5, 5.41) is 3.96. The third kappa shape index (κ3) is 1.23. The molecule has 2 saturated heterocycles. The molecule has 6 rings (SSSR count). The third-order valence-electron chi connectivity index (χ3n) is 8.91. The number of nitrogens with one attached hydrogen (secondary N) is 1. The van der Waals surface area contributed by atoms with Crippen molar-refractivity contribution >= 4 is 11.7 Å². The molecule has 1 aromatic carbocycles. The molecule has 2 aliphatic carbocycles. The molecular formula is C21H26N2O2. The number of methoxy groups -OCH3 is 1. The lowest BCUT2D eigenvalue weighted by Gasteiger charge is -2.52. The van der Waals surface area contributed by atoms with Gasteiger partial charge in [0.1, 0.15) is 0 Å². The molecule has 0 amide bonds. The predicted octanol–water partition coefficient (Wildman–Crippen LogP) is 2.79. The number of hydrogen-bond acceptors (Lipinski definition) is 4. The van der Waals surface area contributed by atoms with Crippen LogP contribution in [0, 0.1) is 17.3 Å². The minimum atomic E-state index is -0.173. The summed E-state index contributed by atoms with van der Waals surface area (Å²) >= 11 is 0. The van der Waals surface area contributed by atoms with Crippen LogP contribution < -0.4 is 5.32 Å². The summed E-state index contributed by atoms with van der Waals surface area (Å²) in [6.07, 6.45) is 4.69. The molecule has 2 saturated carbocycles. The molecule has 0 aromatic heterocycles. The summed E-state index contributed by atoms with van der Waals surface area (Å²) < 4.78 is 5.32. The fourth-order valence-electron chi connectivity index (χ4n) is 8.44. The Morgan fingerprint density at radius 2 is 2.12 bits per heavy atom. The van der Waals surface area contributed by atoms with Crippen LogP contribution in [-0.2, 0) is 14.9 Å². The monoisotopic (exact) mass is 338 g/mol. The molecule has 0 unspecified atom stereocenters. The summed E-state index contributed by atoms with van der Waals surface area (Å²) in [6.45, 7) is 4.82. The Labute approximate surface area is 148 Å². The Bertz CT molecular complexity index is 794. The molecule has 1 N–H and O–H groups in total. The number of para-hydroxylation sites is 1. The number of esters is 1. The highest BCUT2D eigenvalue weighted by Crippen LogP contribution is 2.79. The van der Waals surface area contributed by atoms with E-state index in [4.69, 9.17) is 4.74 Å². The number of carbonyl (C=O) groups excluding carboxylic acids is 1. The zero-order valence-electron chi connectivity index (χ0n) is 15.0. The minimum absolute atomic E-state index is 0.00844. The topological polar surface area (TPSA) is 41.6 Å². The summed E-state index contributed by atoms with van der Waals surface area (Å²) in [4.78, 5) is 15.7. The third-order valence-corrected chi connectivity index (χ3v) is 8.91. The molecule has 4 fully saturated rings. The number of rotatable bonds is 1. The maximum atomic E-state index is 12.9. The van der Waals surface area contributed by atoms with Crippen molar-refractivity contribution in [2.75, 3.05) is 25.5 Å². The fraction of sp³-hybridized carbons (Fsp3) is 0.667. The number of nitrogens with zero attached hydrogens (tertiary/aromatic N) is 1. The van der Waals surface area contributed by atoms with E-state index in [2.05, 4.69) is 41.4 Å². The Morgan fingerprint density at radius 1 is 1.28 bits per heavy atom. The molecule has 2 bridgehead atoms. The van der Waals surface area contributed by atoms with E-state index >= 15 is 0 Å². The van der Waals surface area contributed by atoms with Crippen molar-refractivity contribution in [1.82, 2.24) is 4.90 Å². The molecule has 5 aliphatic rings. The van der Waals surface area contributed by atoms with E-state index < -0.39 is 0 Å². The number of piperidine rings is 1. The van der Waals surface area contributed by atoms with Crippen LogP contribution in [0.3, 0.4) is 0 Å². The van der Waals surface area contributed by atoms with Crippen LogP contribution in [0.25, 0.3) is 0 Å². The molecule has 25 heavy (non-hydrogen) atoms. The van der Waals surface area contributed by atoms with Gasteiger partial charge in [-0.3, -0.25) is 9.69 Å². The van der Waals surface area contributed by atoms with Gasteiger partial charge in [0.2, 0.25) is 0 Å². The van der Waals surface area contributed by atoms with Crippen LogP contribution in [-0.4, -0.2) is 42.6 Å². The van der Waals surface area contributed by atoms with E-state index in [1.165, 1.54) is 43.6 Å². The Kier molecular flexibility index (Phi) is 2.47. The van der Waals surface area contributed by atoms with E-state index in [0.29, 0.717) is 12.0 Å². The highest BCUT2D eigenvalue weighted by atomic mass is 16.5. The van der Waals surface area contributed by atoms with Gasteiger partial charge in [0, 0.05) is 17.1 Å². The predicted molar refractivity (Wildman–Crippen MR) is 95.4 cm³/mol. The number of anilines is 1. The van der Waals surface area contributed by atoms with Crippen LogP contribution in [0.15, 0.2) is 24.3 Å². The molecule has 3 aliphatic heterocycles. The first kappa shape index (κ1) is 14.6. The van der Waals surface area contributed by atoms with Crippen LogP contribution >= 0.6 is 0 Å². The smallest absolute Gasteiger partial charge is 0.311 e. The first-order chi connectivity index (χ1) is 12.1. The molecule has 4 nitrogen and oxygen atoms in total. The van der Waals surface area contributed by atoms with Gasteiger partial charge in [0.25, 0.3) is 0 Å². The summed E-state index contributed by atoms with van der Waals surface area (Å²) in [6, 6.07) is 9.42. The van der Waals surface area contributed by atoms with Crippen LogP contribution in [0.2, 0.25) is 0 Å². The largest absolute Gasteiger partial charge is 0.469 e. The van der Waals surface area contributed by atoms with E-state index in [0.717, 1.165) is 6.42 Å². The maximum absolute atomic E-state index is 12.9. The van der Waals surface area contributed by atoms with E-state index in [1.807, 2.05) is 0 Å². The van der Waals surface area contributed by atoms with Crippen molar-refractivity contribution in [3.05, 3.63) is 29.8 Å². The number of benzene rings is 1. The highest BCUT2D eigenvalue weighted by molar-refractivity contribution is 5.82. The Hall–Kier alpha value is -1.55. The standard InChI is InChI=1S/C21H26N2O2/c1-13-19-8-5-10-23-11-9-20(18(19)23)14-6-3-4-7-16(14)22-21(13,20)15(12-19)17(24)25-2/h3-4,6-7,13,15,18,22H,5,8-12H2,1-2H3/t13-,15+,18+,19+,20+,21+/m1/s1. The van der Waals surface area contributed by atoms with Crippen LogP contribution in [0.1, 0.15) is 38.2 Å². The second-order valence-corrected chi connectivity index (χ2v) is 9.04. The first-order valence-corrected chi connectivity index (χ1v) is 9.81. The molecule has 6 atom stereocenters. The van der Waals surface area contributed by atoms with Crippen LogP contribution in [0.4, 0.5) is 5.69 Å². The Morgan fingerprint density at radius 3 is 2.96 bits per heavy atom. The van der Waals surface area contributed by atoms with Crippen LogP contribution in [0.5, 0.6) is 0 Å². The fourth-order valence-corrected chi connectivity index (χ4v) is 8.44.